The topological polar surface area (TPSA) is 116 Å². The van der Waals surface area contributed by atoms with Crippen molar-refractivity contribution in [3.05, 3.63) is 41.5 Å². The highest BCUT2D eigenvalue weighted by Gasteiger charge is 2.25. The minimum Gasteiger partial charge on any atom is -0.380 e. The number of benzene rings is 1. The van der Waals surface area contributed by atoms with Gasteiger partial charge in [-0.1, -0.05) is 12.1 Å². The molecule has 0 spiro atoms. The molecule has 4 heterocycles. The molecule has 10 nitrogen and oxygen atoms in total. The summed E-state index contributed by atoms with van der Waals surface area (Å²) in [6.07, 6.45) is 0. The lowest BCUT2D eigenvalue weighted by atomic mass is 10.0. The molecule has 5 rings (SSSR count). The molecule has 184 valence electrons. The van der Waals surface area contributed by atoms with E-state index in [1.807, 2.05) is 24.3 Å². The van der Waals surface area contributed by atoms with E-state index in [2.05, 4.69) is 16.7 Å². The zero-order valence-corrected chi connectivity index (χ0v) is 20.1. The number of pyridine rings is 1. The van der Waals surface area contributed by atoms with Gasteiger partial charge in [-0.3, -0.25) is 4.79 Å². The number of primary amides is 1. The van der Waals surface area contributed by atoms with E-state index in [1.165, 1.54) is 0 Å². The van der Waals surface area contributed by atoms with E-state index < -0.39 is 5.91 Å². The van der Waals surface area contributed by atoms with E-state index in [0.717, 1.165) is 42.0 Å². The number of ether oxygens (including phenoxy) is 3. The Hall–Kier alpha value is -3.34. The van der Waals surface area contributed by atoms with Crippen LogP contribution in [-0.4, -0.2) is 80.1 Å². The van der Waals surface area contributed by atoms with Crippen LogP contribution < -0.4 is 15.5 Å². The van der Waals surface area contributed by atoms with E-state index in [4.69, 9.17) is 34.9 Å². The van der Waals surface area contributed by atoms with Gasteiger partial charge in [0, 0.05) is 37.9 Å². The first-order chi connectivity index (χ1) is 17.0. The third kappa shape index (κ3) is 4.77. The molecule has 1 aromatic carbocycles. The van der Waals surface area contributed by atoms with Crippen molar-refractivity contribution in [3.63, 3.8) is 0 Å². The van der Waals surface area contributed by atoms with Crippen molar-refractivity contribution < 1.29 is 19.0 Å². The van der Waals surface area contributed by atoms with Crippen molar-refractivity contribution in [1.82, 2.24) is 15.0 Å². The number of amides is 1. The summed E-state index contributed by atoms with van der Waals surface area (Å²) in [4.78, 5) is 31.2. The van der Waals surface area contributed by atoms with Gasteiger partial charge in [-0.25, -0.2) is 4.98 Å². The highest BCUT2D eigenvalue weighted by molar-refractivity contribution is 5.96. The molecule has 0 bridgehead atoms. The third-order valence-electron chi connectivity index (χ3n) is 6.43. The number of carbonyl (C=O) groups excluding carboxylic acids is 1. The molecule has 0 saturated carbocycles. The molecule has 2 fully saturated rings. The molecule has 2 aliphatic heterocycles. The lowest BCUT2D eigenvalue weighted by Gasteiger charge is -2.34. The Balaban J connectivity index is 1.61. The Morgan fingerprint density at radius 1 is 1.09 bits per heavy atom. The maximum atomic E-state index is 12.1. The van der Waals surface area contributed by atoms with Crippen LogP contribution in [-0.2, 0) is 20.8 Å². The van der Waals surface area contributed by atoms with Gasteiger partial charge in [0.2, 0.25) is 11.9 Å². The van der Waals surface area contributed by atoms with Gasteiger partial charge < -0.3 is 29.7 Å². The second-order valence-electron chi connectivity index (χ2n) is 8.80. The fourth-order valence-electron chi connectivity index (χ4n) is 4.56. The van der Waals surface area contributed by atoms with Crippen LogP contribution in [0, 0.1) is 0 Å². The molecule has 1 atom stereocenters. The summed E-state index contributed by atoms with van der Waals surface area (Å²) in [6, 6.07) is 9.63. The third-order valence-corrected chi connectivity index (χ3v) is 6.43. The molecule has 1 amide bonds. The van der Waals surface area contributed by atoms with Gasteiger partial charge in [-0.05, 0) is 30.7 Å². The first-order valence-electron chi connectivity index (χ1n) is 11.8. The summed E-state index contributed by atoms with van der Waals surface area (Å²) in [5.74, 6) is 1.01. The van der Waals surface area contributed by atoms with Gasteiger partial charge in [0.25, 0.3) is 0 Å². The normalized spacial score (nSPS) is 18.7. The highest BCUT2D eigenvalue weighted by Crippen LogP contribution is 2.30. The molecule has 2 saturated heterocycles. The molecular weight excluding hydrogens is 448 g/mol. The molecule has 2 aliphatic rings. The summed E-state index contributed by atoms with van der Waals surface area (Å²) < 4.78 is 16.4. The minimum absolute atomic E-state index is 0.161. The summed E-state index contributed by atoms with van der Waals surface area (Å²) in [5, 5.41) is 0.881. The van der Waals surface area contributed by atoms with Crippen LogP contribution in [0.3, 0.4) is 0 Å². The number of hydrogen-bond donors (Lipinski definition) is 1. The van der Waals surface area contributed by atoms with Crippen molar-refractivity contribution in [2.24, 2.45) is 5.73 Å². The number of carbonyl (C=O) groups is 1. The number of fused-ring (bicyclic) bond motifs is 1. The average Bonchev–Trinajstić information content (AvgIpc) is 2.89. The molecule has 0 radical (unpaired) electrons. The summed E-state index contributed by atoms with van der Waals surface area (Å²) in [7, 11) is 1.59. The number of aromatic nitrogens is 3. The molecule has 3 aromatic rings. The number of methoxy groups -OCH3 is 1. The van der Waals surface area contributed by atoms with E-state index in [0.29, 0.717) is 55.9 Å². The summed E-state index contributed by atoms with van der Waals surface area (Å²) >= 11 is 0. The van der Waals surface area contributed by atoms with Crippen LogP contribution in [0.15, 0.2) is 30.3 Å². The first kappa shape index (κ1) is 23.4. The average molecular weight is 479 g/mol. The maximum absolute atomic E-state index is 12.1. The Labute approximate surface area is 204 Å². The quantitative estimate of drug-likeness (QED) is 0.568. The zero-order chi connectivity index (χ0) is 24.4. The Kier molecular flexibility index (Phi) is 6.76. The lowest BCUT2D eigenvalue weighted by Crippen LogP contribution is -2.45. The van der Waals surface area contributed by atoms with E-state index in [1.54, 1.807) is 13.2 Å². The highest BCUT2D eigenvalue weighted by atomic mass is 16.5. The van der Waals surface area contributed by atoms with Crippen molar-refractivity contribution >= 4 is 28.7 Å². The Morgan fingerprint density at radius 3 is 2.63 bits per heavy atom. The Morgan fingerprint density at radius 2 is 1.89 bits per heavy atom. The predicted octanol–water partition coefficient (Wildman–Crippen LogP) is 2.00. The van der Waals surface area contributed by atoms with Crippen LogP contribution in [0.5, 0.6) is 0 Å². The summed E-state index contributed by atoms with van der Waals surface area (Å²) in [6.45, 7) is 7.23. The number of morpholine rings is 2. The largest absolute Gasteiger partial charge is 0.380 e. The van der Waals surface area contributed by atoms with Crippen LogP contribution in [0.25, 0.3) is 22.3 Å². The molecule has 2 aromatic heterocycles. The monoisotopic (exact) mass is 478 g/mol. The lowest BCUT2D eigenvalue weighted by molar-refractivity contribution is 0.0981. The fourth-order valence-corrected chi connectivity index (χ4v) is 4.56. The number of nitrogens with two attached hydrogens (primary N) is 1. The van der Waals surface area contributed by atoms with Crippen molar-refractivity contribution in [2.75, 3.05) is 63.0 Å². The maximum Gasteiger partial charge on any atom is 0.249 e. The number of nitrogens with zero attached hydrogens (tertiary/aromatic N) is 5. The van der Waals surface area contributed by atoms with Crippen molar-refractivity contribution in [1.29, 1.82) is 0 Å². The second-order valence-corrected chi connectivity index (χ2v) is 8.80. The van der Waals surface area contributed by atoms with Crippen LogP contribution in [0.2, 0.25) is 0 Å². The summed E-state index contributed by atoms with van der Waals surface area (Å²) in [5.41, 5.74) is 8.89. The van der Waals surface area contributed by atoms with Crippen molar-refractivity contribution in [2.45, 2.75) is 19.6 Å². The van der Waals surface area contributed by atoms with Crippen LogP contribution >= 0.6 is 0 Å². The SMILES string of the molecule is COCc1ccc(-c2ccc3c(N4CCOCC4)nc(N4CCOCC4C)nc3n2)cc1C(N)=O. The predicted molar refractivity (Wildman–Crippen MR) is 133 cm³/mol. The van der Waals surface area contributed by atoms with E-state index >= 15 is 0 Å². The van der Waals surface area contributed by atoms with Crippen molar-refractivity contribution in [3.8, 4) is 11.3 Å². The van der Waals surface area contributed by atoms with Gasteiger partial charge in [0.1, 0.15) is 5.82 Å². The van der Waals surface area contributed by atoms with Gasteiger partial charge >= 0.3 is 0 Å². The fraction of sp³-hybridized carbons (Fsp3) is 0.440. The van der Waals surface area contributed by atoms with Gasteiger partial charge in [0.05, 0.1) is 50.2 Å². The van der Waals surface area contributed by atoms with E-state index in [-0.39, 0.29) is 6.04 Å². The number of rotatable bonds is 6. The molecule has 1 unspecified atom stereocenters. The smallest absolute Gasteiger partial charge is 0.249 e. The molecule has 10 heteroatoms. The van der Waals surface area contributed by atoms with Gasteiger partial charge in [-0.15, -0.1) is 0 Å². The van der Waals surface area contributed by atoms with Gasteiger partial charge in [-0.2, -0.15) is 9.97 Å². The standard InChI is InChI=1S/C25H30N6O4/c1-16-14-35-12-9-31(16)25-28-23-19(24(29-25)30-7-10-34-11-8-30)5-6-21(27-23)17-3-4-18(15-33-2)20(13-17)22(26)32/h3-6,13,16H,7-12,14-15H2,1-2H3,(H2,26,32). The number of anilines is 2. The first-order valence-corrected chi connectivity index (χ1v) is 11.8. The van der Waals surface area contributed by atoms with Crippen LogP contribution in [0.1, 0.15) is 22.8 Å². The molecule has 35 heavy (non-hydrogen) atoms. The van der Waals surface area contributed by atoms with Gasteiger partial charge in [0.15, 0.2) is 5.65 Å². The molecule has 2 N–H and O–H groups in total. The Bertz CT molecular complexity index is 1230. The molecule has 0 aliphatic carbocycles. The minimum atomic E-state index is -0.500. The van der Waals surface area contributed by atoms with Crippen LogP contribution in [0.4, 0.5) is 11.8 Å². The second kappa shape index (κ2) is 10.1. The number of hydrogen-bond acceptors (Lipinski definition) is 9. The van der Waals surface area contributed by atoms with E-state index in [9.17, 15) is 4.79 Å². The molecular formula is C25H30N6O4. The zero-order valence-electron chi connectivity index (χ0n) is 20.1.